The number of carbonyl (C=O) groups excluding carboxylic acids is 1. The fourth-order valence-corrected chi connectivity index (χ4v) is 3.44. The van der Waals surface area contributed by atoms with Crippen LogP contribution in [-0.4, -0.2) is 24.3 Å². The van der Waals surface area contributed by atoms with Crippen LogP contribution in [-0.2, 0) is 14.3 Å². The molecule has 1 spiro atoms. The molecule has 0 aromatic rings. The van der Waals surface area contributed by atoms with Crippen molar-refractivity contribution >= 4 is 5.97 Å². The van der Waals surface area contributed by atoms with Gasteiger partial charge < -0.3 is 9.47 Å². The molecule has 4 nitrogen and oxygen atoms in total. The van der Waals surface area contributed by atoms with Gasteiger partial charge in [-0.05, 0) is 31.6 Å². The van der Waals surface area contributed by atoms with Gasteiger partial charge in [0, 0.05) is 20.0 Å². The quantitative estimate of drug-likeness (QED) is 0.723. The summed E-state index contributed by atoms with van der Waals surface area (Å²) in [7, 11) is 0. The highest BCUT2D eigenvalue weighted by molar-refractivity contribution is 5.66. The molecule has 1 saturated carbocycles. The highest BCUT2D eigenvalue weighted by atomic mass is 16.5. The zero-order valence-corrected chi connectivity index (χ0v) is 11.0. The van der Waals surface area contributed by atoms with Crippen molar-refractivity contribution in [1.82, 2.24) is 0 Å². The Morgan fingerprint density at radius 1 is 1.50 bits per heavy atom. The van der Waals surface area contributed by atoms with E-state index in [9.17, 15) is 4.79 Å². The average molecular weight is 251 g/mol. The van der Waals surface area contributed by atoms with Gasteiger partial charge in [0.2, 0.25) is 0 Å². The van der Waals surface area contributed by atoms with E-state index in [2.05, 4.69) is 6.07 Å². The maximum absolute atomic E-state index is 11.0. The lowest BCUT2D eigenvalue weighted by atomic mass is 9.71. The second kappa shape index (κ2) is 5.71. The molecular weight excluding hydrogens is 230 g/mol. The van der Waals surface area contributed by atoms with E-state index < -0.39 is 6.10 Å². The average Bonchev–Trinajstić information content (AvgIpc) is 2.80. The fraction of sp³-hybridized carbons (Fsp3) is 0.857. The molecule has 100 valence electrons. The van der Waals surface area contributed by atoms with Gasteiger partial charge in [0.1, 0.15) is 6.07 Å². The fourth-order valence-electron chi connectivity index (χ4n) is 3.44. The summed E-state index contributed by atoms with van der Waals surface area (Å²) in [6.07, 6.45) is 6.78. The van der Waals surface area contributed by atoms with E-state index in [1.165, 1.54) is 19.8 Å². The van der Waals surface area contributed by atoms with Crippen LogP contribution in [0.25, 0.3) is 0 Å². The van der Waals surface area contributed by atoms with E-state index in [-0.39, 0.29) is 11.6 Å². The Bertz CT molecular complexity index is 341. The number of ether oxygens (including phenoxy) is 2. The molecule has 4 heteroatoms. The Labute approximate surface area is 108 Å². The molecule has 18 heavy (non-hydrogen) atoms. The molecule has 0 radical (unpaired) electrons. The van der Waals surface area contributed by atoms with Crippen molar-refractivity contribution in [3.8, 4) is 6.07 Å². The van der Waals surface area contributed by atoms with Crippen molar-refractivity contribution < 1.29 is 14.3 Å². The number of carbonyl (C=O) groups is 1. The highest BCUT2D eigenvalue weighted by Crippen LogP contribution is 2.45. The standard InChI is InChI=1S/C14H21NO3/c1-11(16)18-13(10-15)9-12-5-2-3-6-14(12)7-4-8-17-14/h12-13H,2-9H2,1H3. The number of rotatable bonds is 3. The molecule has 3 unspecified atom stereocenters. The predicted molar refractivity (Wildman–Crippen MR) is 65.7 cm³/mol. The predicted octanol–water partition coefficient (Wildman–Crippen LogP) is 2.57. The molecule has 1 aliphatic heterocycles. The smallest absolute Gasteiger partial charge is 0.303 e. The molecule has 2 rings (SSSR count). The molecule has 2 aliphatic rings. The van der Waals surface area contributed by atoms with Crippen LogP contribution in [0.1, 0.15) is 51.9 Å². The van der Waals surface area contributed by atoms with Crippen LogP contribution in [0.2, 0.25) is 0 Å². The largest absolute Gasteiger partial charge is 0.447 e. The second-order valence-electron chi connectivity index (χ2n) is 5.42. The van der Waals surface area contributed by atoms with E-state index in [1.807, 2.05) is 0 Å². The Hall–Kier alpha value is -1.08. The highest BCUT2D eigenvalue weighted by Gasteiger charge is 2.45. The summed E-state index contributed by atoms with van der Waals surface area (Å²) in [6, 6.07) is 2.09. The minimum absolute atomic E-state index is 0.0342. The molecular formula is C14H21NO3. The summed E-state index contributed by atoms with van der Waals surface area (Å²) in [5, 5.41) is 9.07. The molecule has 1 saturated heterocycles. The molecule has 0 aromatic carbocycles. The van der Waals surface area contributed by atoms with Crippen LogP contribution in [0.3, 0.4) is 0 Å². The minimum Gasteiger partial charge on any atom is -0.447 e. The van der Waals surface area contributed by atoms with Gasteiger partial charge in [0.25, 0.3) is 0 Å². The van der Waals surface area contributed by atoms with Gasteiger partial charge >= 0.3 is 5.97 Å². The molecule has 1 aliphatic carbocycles. The zero-order valence-electron chi connectivity index (χ0n) is 11.0. The van der Waals surface area contributed by atoms with Gasteiger partial charge in [-0.2, -0.15) is 5.26 Å². The van der Waals surface area contributed by atoms with Crippen LogP contribution in [0.5, 0.6) is 0 Å². The van der Waals surface area contributed by atoms with E-state index in [0.29, 0.717) is 12.3 Å². The normalized spacial score (nSPS) is 33.0. The van der Waals surface area contributed by atoms with Crippen LogP contribution in [0.4, 0.5) is 0 Å². The van der Waals surface area contributed by atoms with Gasteiger partial charge in [-0.25, -0.2) is 0 Å². The summed E-state index contributed by atoms with van der Waals surface area (Å²) in [5.41, 5.74) is -0.0342. The second-order valence-corrected chi connectivity index (χ2v) is 5.42. The van der Waals surface area contributed by atoms with E-state index in [1.54, 1.807) is 0 Å². The summed E-state index contributed by atoms with van der Waals surface area (Å²) in [6.45, 7) is 2.19. The van der Waals surface area contributed by atoms with Gasteiger partial charge in [0.15, 0.2) is 6.10 Å². The Balaban J connectivity index is 2.01. The van der Waals surface area contributed by atoms with Crippen molar-refractivity contribution in [2.45, 2.75) is 63.6 Å². The van der Waals surface area contributed by atoms with Gasteiger partial charge in [-0.3, -0.25) is 4.79 Å². The van der Waals surface area contributed by atoms with Crippen molar-refractivity contribution in [1.29, 1.82) is 5.26 Å². The first kappa shape index (κ1) is 13.4. The van der Waals surface area contributed by atoms with E-state index >= 15 is 0 Å². The van der Waals surface area contributed by atoms with Crippen LogP contribution < -0.4 is 0 Å². The first-order chi connectivity index (χ1) is 8.66. The third-order valence-electron chi connectivity index (χ3n) is 4.23. The monoisotopic (exact) mass is 251 g/mol. The molecule has 3 atom stereocenters. The third kappa shape index (κ3) is 2.84. The Morgan fingerprint density at radius 2 is 2.28 bits per heavy atom. The Kier molecular flexibility index (Phi) is 4.23. The molecule has 0 amide bonds. The molecule has 0 N–H and O–H groups in total. The van der Waals surface area contributed by atoms with Gasteiger partial charge in [-0.1, -0.05) is 12.8 Å². The molecule has 0 aromatic heterocycles. The zero-order chi connectivity index (χ0) is 13.0. The first-order valence-corrected chi connectivity index (χ1v) is 6.87. The minimum atomic E-state index is -0.619. The number of esters is 1. The topological polar surface area (TPSA) is 59.3 Å². The SMILES string of the molecule is CC(=O)OC(C#N)CC1CCCCC12CCCO2. The molecule has 2 fully saturated rings. The number of nitrogens with zero attached hydrogens (tertiary/aromatic N) is 1. The number of hydrogen-bond donors (Lipinski definition) is 0. The lowest BCUT2D eigenvalue weighted by Gasteiger charge is -2.41. The van der Waals surface area contributed by atoms with Gasteiger partial charge in [0.05, 0.1) is 5.60 Å². The van der Waals surface area contributed by atoms with Crippen LogP contribution >= 0.6 is 0 Å². The van der Waals surface area contributed by atoms with Crippen LogP contribution in [0.15, 0.2) is 0 Å². The summed E-state index contributed by atoms with van der Waals surface area (Å²) < 4.78 is 11.0. The lowest BCUT2D eigenvalue weighted by Crippen LogP contribution is -2.42. The first-order valence-electron chi connectivity index (χ1n) is 6.87. The number of nitriles is 1. The van der Waals surface area contributed by atoms with Crippen molar-refractivity contribution in [2.75, 3.05) is 6.61 Å². The van der Waals surface area contributed by atoms with Crippen molar-refractivity contribution in [3.05, 3.63) is 0 Å². The van der Waals surface area contributed by atoms with E-state index in [0.717, 1.165) is 32.3 Å². The maximum Gasteiger partial charge on any atom is 0.303 e. The third-order valence-corrected chi connectivity index (χ3v) is 4.23. The summed E-state index contributed by atoms with van der Waals surface area (Å²) in [5.74, 6) is -0.0171. The van der Waals surface area contributed by atoms with Crippen LogP contribution in [0, 0.1) is 17.2 Å². The molecule has 1 heterocycles. The maximum atomic E-state index is 11.0. The van der Waals surface area contributed by atoms with Crippen molar-refractivity contribution in [2.24, 2.45) is 5.92 Å². The van der Waals surface area contributed by atoms with Gasteiger partial charge in [-0.15, -0.1) is 0 Å². The lowest BCUT2D eigenvalue weighted by molar-refractivity contribution is -0.146. The summed E-state index contributed by atoms with van der Waals surface area (Å²) >= 11 is 0. The summed E-state index contributed by atoms with van der Waals surface area (Å²) in [4.78, 5) is 11.0. The van der Waals surface area contributed by atoms with E-state index in [4.69, 9.17) is 14.7 Å². The molecule has 0 bridgehead atoms. The number of hydrogen-bond acceptors (Lipinski definition) is 4. The van der Waals surface area contributed by atoms with Crippen molar-refractivity contribution in [3.63, 3.8) is 0 Å². The Morgan fingerprint density at radius 3 is 2.89 bits per heavy atom.